The lowest BCUT2D eigenvalue weighted by Crippen LogP contribution is -2.33. The molecule has 1 amide bonds. The van der Waals surface area contributed by atoms with E-state index in [-0.39, 0.29) is 35.0 Å². The van der Waals surface area contributed by atoms with Crippen LogP contribution in [0.4, 0.5) is 4.39 Å². The first-order valence-electron chi connectivity index (χ1n) is 7.21. The molecule has 1 aromatic carbocycles. The zero-order valence-corrected chi connectivity index (χ0v) is 14.1. The van der Waals surface area contributed by atoms with E-state index >= 15 is 0 Å². The quantitative estimate of drug-likeness (QED) is 0.607. The summed E-state index contributed by atoms with van der Waals surface area (Å²) in [5, 5.41) is 0.700. The highest BCUT2D eigenvalue weighted by Crippen LogP contribution is 2.31. The molecule has 0 N–H and O–H groups in total. The van der Waals surface area contributed by atoms with E-state index in [1.807, 2.05) is 6.26 Å². The highest BCUT2D eigenvalue weighted by atomic mass is 35.5. The molecule has 1 heterocycles. The second kappa shape index (κ2) is 6.84. The zero-order chi connectivity index (χ0) is 16.4. The fraction of sp³-hybridized carbons (Fsp3) is 0.312. The molecule has 0 atom stereocenters. The molecule has 1 aromatic heterocycles. The fourth-order valence-electron chi connectivity index (χ4n) is 2.30. The molecule has 0 aliphatic heterocycles. The molecule has 0 radical (unpaired) electrons. The van der Waals surface area contributed by atoms with Gasteiger partial charge < -0.3 is 4.90 Å². The molecular formula is C16H15ClFN3OS. The third kappa shape index (κ3) is 3.64. The van der Waals surface area contributed by atoms with E-state index < -0.39 is 0 Å². The Morgan fingerprint density at radius 1 is 1.43 bits per heavy atom. The van der Waals surface area contributed by atoms with Gasteiger partial charge in [-0.3, -0.25) is 4.79 Å². The van der Waals surface area contributed by atoms with E-state index in [2.05, 4.69) is 9.97 Å². The highest BCUT2D eigenvalue weighted by molar-refractivity contribution is 7.98. The van der Waals surface area contributed by atoms with Crippen molar-refractivity contribution >= 4 is 29.3 Å². The van der Waals surface area contributed by atoms with Gasteiger partial charge in [0.05, 0.1) is 11.2 Å². The van der Waals surface area contributed by atoms with Crippen LogP contribution in [0.5, 0.6) is 0 Å². The van der Waals surface area contributed by atoms with Crippen molar-refractivity contribution < 1.29 is 9.18 Å². The van der Waals surface area contributed by atoms with Crippen LogP contribution in [0.25, 0.3) is 0 Å². The maximum Gasteiger partial charge on any atom is 0.274 e. The van der Waals surface area contributed by atoms with Gasteiger partial charge in [0.15, 0.2) is 10.9 Å². The summed E-state index contributed by atoms with van der Waals surface area (Å²) in [6.07, 6.45) is 5.09. The van der Waals surface area contributed by atoms with Crippen molar-refractivity contribution in [2.24, 2.45) is 0 Å². The fourth-order valence-corrected chi connectivity index (χ4v) is 2.81. The van der Waals surface area contributed by atoms with Crippen molar-refractivity contribution in [3.8, 4) is 0 Å². The monoisotopic (exact) mass is 351 g/mol. The summed E-state index contributed by atoms with van der Waals surface area (Å²) in [5.41, 5.74) is 0.664. The Morgan fingerprint density at radius 2 is 2.17 bits per heavy atom. The van der Waals surface area contributed by atoms with Gasteiger partial charge in [-0.2, -0.15) is 0 Å². The maximum atomic E-state index is 13.9. The lowest BCUT2D eigenvalue weighted by molar-refractivity contribution is 0.0721. The van der Waals surface area contributed by atoms with Gasteiger partial charge >= 0.3 is 0 Å². The molecule has 23 heavy (non-hydrogen) atoms. The SMILES string of the molecule is CSc1ncc(Cl)c(C(=O)N(Cc2ccccc2F)C2CC2)n1. The van der Waals surface area contributed by atoms with Gasteiger partial charge in [0.25, 0.3) is 5.91 Å². The highest BCUT2D eigenvalue weighted by Gasteiger charge is 2.35. The van der Waals surface area contributed by atoms with Crippen molar-refractivity contribution in [2.75, 3.05) is 6.26 Å². The van der Waals surface area contributed by atoms with Gasteiger partial charge in [0.1, 0.15) is 5.82 Å². The van der Waals surface area contributed by atoms with E-state index in [9.17, 15) is 9.18 Å². The molecule has 0 bridgehead atoms. The first-order chi connectivity index (χ1) is 11.1. The van der Waals surface area contributed by atoms with Gasteiger partial charge in [-0.1, -0.05) is 41.6 Å². The topological polar surface area (TPSA) is 46.1 Å². The lowest BCUT2D eigenvalue weighted by atomic mass is 10.2. The average Bonchev–Trinajstić information content (AvgIpc) is 3.39. The Labute approximate surface area is 143 Å². The van der Waals surface area contributed by atoms with E-state index in [0.717, 1.165) is 12.8 Å². The number of nitrogens with zero attached hydrogens (tertiary/aromatic N) is 3. The molecule has 4 nitrogen and oxygen atoms in total. The van der Waals surface area contributed by atoms with Crippen LogP contribution in [0.2, 0.25) is 5.02 Å². The standard InChI is InChI=1S/C16H15ClFN3OS/c1-23-16-19-8-12(17)14(20-16)15(22)21(11-6-7-11)9-10-4-2-3-5-13(10)18/h2-5,8,11H,6-7,9H2,1H3. The van der Waals surface area contributed by atoms with Crippen molar-refractivity contribution in [3.63, 3.8) is 0 Å². The number of carbonyl (C=O) groups excluding carboxylic acids is 1. The second-order valence-electron chi connectivity index (χ2n) is 5.31. The van der Waals surface area contributed by atoms with Crippen molar-refractivity contribution in [1.29, 1.82) is 0 Å². The van der Waals surface area contributed by atoms with Crippen LogP contribution in [0.3, 0.4) is 0 Å². The van der Waals surface area contributed by atoms with E-state index in [1.54, 1.807) is 23.1 Å². The number of rotatable bonds is 5. The average molecular weight is 352 g/mol. The molecule has 0 unspecified atom stereocenters. The third-order valence-electron chi connectivity index (χ3n) is 3.65. The molecule has 1 aliphatic rings. The van der Waals surface area contributed by atoms with Gasteiger partial charge in [-0.15, -0.1) is 0 Å². The molecule has 0 saturated heterocycles. The smallest absolute Gasteiger partial charge is 0.274 e. The molecular weight excluding hydrogens is 337 g/mol. The van der Waals surface area contributed by atoms with Gasteiger partial charge in [0.2, 0.25) is 0 Å². The lowest BCUT2D eigenvalue weighted by Gasteiger charge is -2.23. The molecule has 3 rings (SSSR count). The molecule has 120 valence electrons. The Morgan fingerprint density at radius 3 is 2.83 bits per heavy atom. The van der Waals surface area contributed by atoms with E-state index in [4.69, 9.17) is 11.6 Å². The van der Waals surface area contributed by atoms with Crippen LogP contribution in [0.1, 0.15) is 28.9 Å². The summed E-state index contributed by atoms with van der Waals surface area (Å²) in [4.78, 5) is 22.8. The minimum atomic E-state index is -0.315. The number of aromatic nitrogens is 2. The minimum absolute atomic E-state index is 0.117. The van der Waals surface area contributed by atoms with Crippen molar-refractivity contribution in [3.05, 3.63) is 52.6 Å². The normalized spacial score (nSPS) is 13.9. The molecule has 1 aliphatic carbocycles. The Hall–Kier alpha value is -1.66. The van der Waals surface area contributed by atoms with Crippen LogP contribution in [0, 0.1) is 5.82 Å². The number of hydrogen-bond donors (Lipinski definition) is 0. The number of benzene rings is 1. The number of hydrogen-bond acceptors (Lipinski definition) is 4. The first-order valence-corrected chi connectivity index (χ1v) is 8.81. The van der Waals surface area contributed by atoms with Gasteiger partial charge in [-0.25, -0.2) is 14.4 Å². The summed E-state index contributed by atoms with van der Waals surface area (Å²) in [7, 11) is 0. The van der Waals surface area contributed by atoms with Crippen LogP contribution in [-0.2, 0) is 6.54 Å². The Bertz CT molecular complexity index is 739. The summed E-state index contributed by atoms with van der Waals surface area (Å²) in [6, 6.07) is 6.60. The zero-order valence-electron chi connectivity index (χ0n) is 12.5. The first kappa shape index (κ1) is 16.2. The second-order valence-corrected chi connectivity index (χ2v) is 6.49. The van der Waals surface area contributed by atoms with Gasteiger partial charge in [0, 0.05) is 18.2 Å². The number of carbonyl (C=O) groups is 1. The summed E-state index contributed by atoms with van der Waals surface area (Å²) in [5.74, 6) is -0.594. The summed E-state index contributed by atoms with van der Waals surface area (Å²) < 4.78 is 13.9. The molecule has 1 fully saturated rings. The Balaban J connectivity index is 1.90. The molecule has 2 aromatic rings. The number of amides is 1. The predicted octanol–water partition coefficient (Wildman–Crippen LogP) is 3.80. The molecule has 1 saturated carbocycles. The van der Waals surface area contributed by atoms with E-state index in [1.165, 1.54) is 24.0 Å². The van der Waals surface area contributed by atoms with Crippen LogP contribution in [-0.4, -0.2) is 33.1 Å². The van der Waals surface area contributed by atoms with Crippen LogP contribution in [0.15, 0.2) is 35.6 Å². The van der Waals surface area contributed by atoms with Crippen molar-refractivity contribution in [2.45, 2.75) is 30.6 Å². The predicted molar refractivity (Wildman–Crippen MR) is 88.1 cm³/mol. The maximum absolute atomic E-state index is 13.9. The molecule has 0 spiro atoms. The van der Waals surface area contributed by atoms with Crippen molar-refractivity contribution in [1.82, 2.24) is 14.9 Å². The van der Waals surface area contributed by atoms with Crippen LogP contribution >= 0.6 is 23.4 Å². The number of halogens is 2. The minimum Gasteiger partial charge on any atom is -0.330 e. The van der Waals surface area contributed by atoms with Crippen LogP contribution < -0.4 is 0 Å². The number of thioether (sulfide) groups is 1. The van der Waals surface area contributed by atoms with E-state index in [0.29, 0.717) is 10.7 Å². The summed E-state index contributed by atoms with van der Waals surface area (Å²) >= 11 is 7.44. The summed E-state index contributed by atoms with van der Waals surface area (Å²) in [6.45, 7) is 0.213. The third-order valence-corrected chi connectivity index (χ3v) is 4.49. The Kier molecular flexibility index (Phi) is 4.82. The largest absolute Gasteiger partial charge is 0.330 e. The molecule has 7 heteroatoms. The van der Waals surface area contributed by atoms with Gasteiger partial charge in [-0.05, 0) is 25.2 Å².